The predicted molar refractivity (Wildman–Crippen MR) is 101 cm³/mol. The molecule has 0 fully saturated rings. The van der Waals surface area contributed by atoms with Crippen LogP contribution in [-0.2, 0) is 16.0 Å². The predicted octanol–water partition coefficient (Wildman–Crippen LogP) is 1.95. The number of carboxylic acid groups (broad SMARTS) is 2. The van der Waals surface area contributed by atoms with Crippen molar-refractivity contribution in [3.05, 3.63) is 45.6 Å². The van der Waals surface area contributed by atoms with Gasteiger partial charge in [0.1, 0.15) is 6.10 Å². The van der Waals surface area contributed by atoms with E-state index in [0.717, 1.165) is 16.0 Å². The molecule has 2 heterocycles. The maximum Gasteiger partial charge on any atom is 0.453 e. The van der Waals surface area contributed by atoms with Gasteiger partial charge in [0.05, 0.1) is 0 Å². The van der Waals surface area contributed by atoms with Crippen LogP contribution in [0.3, 0.4) is 0 Å². The highest BCUT2D eigenvalue weighted by Gasteiger charge is 2.57. The number of carboxylic acids is 2. The van der Waals surface area contributed by atoms with E-state index >= 15 is 0 Å². The van der Waals surface area contributed by atoms with Crippen LogP contribution in [-0.4, -0.2) is 45.6 Å². The minimum atomic E-state index is -2.76. The zero-order valence-corrected chi connectivity index (χ0v) is 16.2. The van der Waals surface area contributed by atoms with Crippen LogP contribution in [0.1, 0.15) is 29.0 Å². The third-order valence-corrected chi connectivity index (χ3v) is 5.51. The summed E-state index contributed by atoms with van der Waals surface area (Å²) < 4.78 is 10.2. The lowest BCUT2D eigenvalue weighted by Crippen LogP contribution is -2.54. The van der Waals surface area contributed by atoms with Gasteiger partial charge in [-0.15, -0.1) is 11.3 Å². The summed E-state index contributed by atoms with van der Waals surface area (Å²) in [6, 6.07) is 6.75. The van der Waals surface area contributed by atoms with Gasteiger partial charge in [0, 0.05) is 17.5 Å². The van der Waals surface area contributed by atoms with Gasteiger partial charge in [-0.2, -0.15) is 0 Å². The first-order valence-corrected chi connectivity index (χ1v) is 9.53. The maximum absolute atomic E-state index is 11.3. The Hall–Kier alpha value is -2.62. The van der Waals surface area contributed by atoms with Crippen molar-refractivity contribution < 1.29 is 34.4 Å². The second-order valence-electron chi connectivity index (χ2n) is 6.77. The Morgan fingerprint density at radius 1 is 1.18 bits per heavy atom. The summed E-state index contributed by atoms with van der Waals surface area (Å²) in [6.45, 7) is 4.33. The Kier molecular flexibility index (Phi) is 5.59. The molecule has 9 heteroatoms. The van der Waals surface area contributed by atoms with E-state index in [1.54, 1.807) is 12.1 Å². The quantitative estimate of drug-likeness (QED) is 0.489. The number of benzene rings is 1. The molecule has 3 rings (SSSR count). The van der Waals surface area contributed by atoms with Crippen LogP contribution in [0.25, 0.3) is 0 Å². The number of aliphatic hydroxyl groups is 1. The fourth-order valence-electron chi connectivity index (χ4n) is 2.91. The summed E-state index contributed by atoms with van der Waals surface area (Å²) in [6.07, 6.45) is -0.0235. The average molecular weight is 407 g/mol. The van der Waals surface area contributed by atoms with Crippen molar-refractivity contribution in [1.29, 1.82) is 0 Å². The first-order valence-electron chi connectivity index (χ1n) is 8.65. The SMILES string of the molecule is Cc1csc(C(O)CNC(C)Cc2ccc3c(c2)OC(C(=O)O)(C(=O)O)O3)c1. The fourth-order valence-corrected chi connectivity index (χ4v) is 3.79. The number of hydrogen-bond acceptors (Lipinski definition) is 7. The van der Waals surface area contributed by atoms with E-state index in [0.29, 0.717) is 13.0 Å². The van der Waals surface area contributed by atoms with Gasteiger partial charge in [-0.3, -0.25) is 0 Å². The molecule has 1 aromatic carbocycles. The Labute approximate surface area is 165 Å². The van der Waals surface area contributed by atoms with E-state index in [2.05, 4.69) is 5.32 Å². The second kappa shape index (κ2) is 7.78. The van der Waals surface area contributed by atoms with Crippen LogP contribution in [0.5, 0.6) is 11.5 Å². The molecule has 28 heavy (non-hydrogen) atoms. The van der Waals surface area contributed by atoms with Gasteiger partial charge in [-0.05, 0) is 55.0 Å². The molecule has 4 N–H and O–H groups in total. The second-order valence-corrected chi connectivity index (χ2v) is 7.71. The Morgan fingerprint density at radius 2 is 1.86 bits per heavy atom. The van der Waals surface area contributed by atoms with Gasteiger partial charge in [-0.25, -0.2) is 9.59 Å². The summed E-state index contributed by atoms with van der Waals surface area (Å²) in [5, 5.41) is 33.8. The number of aliphatic carboxylic acids is 2. The Bertz CT molecular complexity index is 880. The number of fused-ring (bicyclic) bond motifs is 1. The number of carbonyl (C=O) groups is 2. The van der Waals surface area contributed by atoms with E-state index in [9.17, 15) is 24.9 Å². The van der Waals surface area contributed by atoms with Crippen LogP contribution in [0.15, 0.2) is 29.6 Å². The number of aliphatic hydroxyl groups excluding tert-OH is 1. The maximum atomic E-state index is 11.3. The van der Waals surface area contributed by atoms with E-state index in [4.69, 9.17) is 9.47 Å². The molecule has 1 aromatic heterocycles. The fraction of sp³-hybridized carbons (Fsp3) is 0.368. The Morgan fingerprint density at radius 3 is 2.46 bits per heavy atom. The van der Waals surface area contributed by atoms with Gasteiger partial charge < -0.3 is 30.1 Å². The van der Waals surface area contributed by atoms with Crippen molar-refractivity contribution in [2.45, 2.75) is 38.2 Å². The molecule has 1 aliphatic rings. The van der Waals surface area contributed by atoms with Gasteiger partial charge >= 0.3 is 17.7 Å². The molecule has 0 spiro atoms. The summed E-state index contributed by atoms with van der Waals surface area (Å²) in [5.74, 6) is -6.08. The zero-order valence-electron chi connectivity index (χ0n) is 15.3. The van der Waals surface area contributed by atoms with Gasteiger partial charge in [-0.1, -0.05) is 6.07 Å². The standard InChI is InChI=1S/C19H21NO7S/c1-10-5-16(28-9-10)13(21)8-20-11(2)6-12-3-4-14-15(7-12)27-19(26-14,17(22)23)18(24)25/h3-5,7,9,11,13,20-21H,6,8H2,1-2H3,(H,22,23)(H,24,25). The van der Waals surface area contributed by atoms with Crippen molar-refractivity contribution in [2.75, 3.05) is 6.54 Å². The van der Waals surface area contributed by atoms with Crippen LogP contribution >= 0.6 is 11.3 Å². The van der Waals surface area contributed by atoms with E-state index < -0.39 is 23.8 Å². The first kappa shape index (κ1) is 20.1. The number of thiophene rings is 1. The number of nitrogens with one attached hydrogen (secondary N) is 1. The van der Waals surface area contributed by atoms with Crippen LogP contribution in [0.2, 0.25) is 0 Å². The monoisotopic (exact) mass is 407 g/mol. The minimum Gasteiger partial charge on any atom is -0.475 e. The minimum absolute atomic E-state index is 0.0137. The lowest BCUT2D eigenvalue weighted by Gasteiger charge is -2.17. The van der Waals surface area contributed by atoms with Crippen LogP contribution < -0.4 is 14.8 Å². The number of rotatable bonds is 8. The molecule has 0 amide bonds. The smallest absolute Gasteiger partial charge is 0.453 e. The molecular formula is C19H21NO7S. The summed E-state index contributed by atoms with van der Waals surface area (Å²) in [5.41, 5.74) is 1.93. The number of ether oxygens (including phenoxy) is 2. The topological polar surface area (TPSA) is 125 Å². The van der Waals surface area contributed by atoms with E-state index in [1.165, 1.54) is 17.4 Å². The van der Waals surface area contributed by atoms with Crippen molar-refractivity contribution in [3.8, 4) is 11.5 Å². The summed E-state index contributed by atoms with van der Waals surface area (Å²) in [7, 11) is 0. The summed E-state index contributed by atoms with van der Waals surface area (Å²) in [4.78, 5) is 23.5. The van der Waals surface area contributed by atoms with Crippen molar-refractivity contribution in [2.24, 2.45) is 0 Å². The molecule has 0 radical (unpaired) electrons. The lowest BCUT2D eigenvalue weighted by molar-refractivity contribution is -0.194. The van der Waals surface area contributed by atoms with Gasteiger partial charge in [0.15, 0.2) is 11.5 Å². The molecule has 1 aliphatic heterocycles. The largest absolute Gasteiger partial charge is 0.475 e. The molecule has 2 unspecified atom stereocenters. The van der Waals surface area contributed by atoms with Crippen molar-refractivity contribution >= 4 is 23.3 Å². The zero-order chi connectivity index (χ0) is 20.5. The van der Waals surface area contributed by atoms with Crippen LogP contribution in [0.4, 0.5) is 0 Å². The molecule has 0 saturated carbocycles. The molecule has 0 saturated heterocycles. The highest BCUT2D eigenvalue weighted by atomic mass is 32.1. The number of aryl methyl sites for hydroxylation is 1. The first-order chi connectivity index (χ1) is 13.2. The van der Waals surface area contributed by atoms with Gasteiger partial charge in [0.25, 0.3) is 0 Å². The molecule has 0 bridgehead atoms. The lowest BCUT2D eigenvalue weighted by atomic mass is 10.1. The highest BCUT2D eigenvalue weighted by molar-refractivity contribution is 7.10. The van der Waals surface area contributed by atoms with Crippen molar-refractivity contribution in [3.63, 3.8) is 0 Å². The van der Waals surface area contributed by atoms with E-state index in [1.807, 2.05) is 25.3 Å². The Balaban J connectivity index is 1.61. The van der Waals surface area contributed by atoms with Crippen molar-refractivity contribution in [1.82, 2.24) is 5.32 Å². The highest BCUT2D eigenvalue weighted by Crippen LogP contribution is 2.40. The molecule has 2 aromatic rings. The molecule has 150 valence electrons. The van der Waals surface area contributed by atoms with E-state index in [-0.39, 0.29) is 17.5 Å². The molecule has 0 aliphatic carbocycles. The molecular weight excluding hydrogens is 386 g/mol. The third-order valence-electron chi connectivity index (χ3n) is 4.36. The summed E-state index contributed by atoms with van der Waals surface area (Å²) >= 11 is 1.51. The third kappa shape index (κ3) is 3.96. The average Bonchev–Trinajstić information content (AvgIpc) is 3.23. The van der Waals surface area contributed by atoms with Gasteiger partial charge in [0.2, 0.25) is 0 Å². The normalized spacial score (nSPS) is 16.5. The number of hydrogen-bond donors (Lipinski definition) is 4. The van der Waals surface area contributed by atoms with Crippen LogP contribution in [0, 0.1) is 6.92 Å². The molecule has 8 nitrogen and oxygen atoms in total. The molecule has 2 atom stereocenters.